The fraction of sp³-hybridized carbons (Fsp3) is 0.222. The van der Waals surface area contributed by atoms with Crippen LogP contribution in [0.2, 0.25) is 0 Å². The first-order chi connectivity index (χ1) is 13.3. The molecule has 0 saturated carbocycles. The SMILES string of the molecule is Cc1cc(OC2=CC[C@@H](NC(=O)Nc3cc(C(F)(F)F)ncn3)C=C2)ccn1. The van der Waals surface area contributed by atoms with Gasteiger partial charge in [0.25, 0.3) is 0 Å². The Hall–Kier alpha value is -3.43. The van der Waals surface area contributed by atoms with Crippen LogP contribution in [0.25, 0.3) is 0 Å². The van der Waals surface area contributed by atoms with Crippen LogP contribution < -0.4 is 15.4 Å². The Morgan fingerprint density at radius 1 is 1.25 bits per heavy atom. The number of alkyl halides is 3. The third kappa shape index (κ3) is 5.29. The number of ether oxygens (including phenoxy) is 1. The van der Waals surface area contributed by atoms with Crippen molar-refractivity contribution < 1.29 is 22.7 Å². The number of urea groups is 1. The second-order valence-corrected chi connectivity index (χ2v) is 5.93. The van der Waals surface area contributed by atoms with Crippen molar-refractivity contribution in [1.82, 2.24) is 20.3 Å². The summed E-state index contributed by atoms with van der Waals surface area (Å²) in [4.78, 5) is 22.8. The lowest BCUT2D eigenvalue weighted by molar-refractivity contribution is -0.141. The Bertz CT molecular complexity index is 927. The number of anilines is 1. The van der Waals surface area contributed by atoms with Gasteiger partial charge in [-0.3, -0.25) is 10.3 Å². The van der Waals surface area contributed by atoms with Gasteiger partial charge in [-0.15, -0.1) is 0 Å². The number of aryl methyl sites for hydroxylation is 1. The number of amides is 2. The van der Waals surface area contributed by atoms with E-state index in [0.29, 0.717) is 24.0 Å². The summed E-state index contributed by atoms with van der Waals surface area (Å²) in [5.74, 6) is 1.03. The van der Waals surface area contributed by atoms with Gasteiger partial charge in [0.2, 0.25) is 0 Å². The Kier molecular flexibility index (Phi) is 5.57. The maximum Gasteiger partial charge on any atom is 0.433 e. The van der Waals surface area contributed by atoms with Crippen molar-refractivity contribution in [2.45, 2.75) is 25.6 Å². The van der Waals surface area contributed by atoms with E-state index in [1.807, 2.05) is 6.92 Å². The van der Waals surface area contributed by atoms with E-state index in [1.54, 1.807) is 36.6 Å². The fourth-order valence-electron chi connectivity index (χ4n) is 2.40. The molecule has 0 aliphatic heterocycles. The number of rotatable bonds is 4. The molecule has 0 saturated heterocycles. The molecule has 0 aromatic carbocycles. The second kappa shape index (κ2) is 8.07. The molecule has 0 bridgehead atoms. The van der Waals surface area contributed by atoms with E-state index < -0.39 is 17.9 Å². The molecule has 2 aromatic heterocycles. The van der Waals surface area contributed by atoms with Gasteiger partial charge in [-0.2, -0.15) is 13.2 Å². The lowest BCUT2D eigenvalue weighted by atomic mass is 10.1. The van der Waals surface area contributed by atoms with Crippen LogP contribution in [0.3, 0.4) is 0 Å². The van der Waals surface area contributed by atoms with Crippen molar-refractivity contribution in [2.24, 2.45) is 0 Å². The van der Waals surface area contributed by atoms with Crippen LogP contribution in [0, 0.1) is 6.92 Å². The largest absolute Gasteiger partial charge is 0.458 e. The lowest BCUT2D eigenvalue weighted by Gasteiger charge is -2.18. The zero-order chi connectivity index (χ0) is 20.1. The first kappa shape index (κ1) is 19.3. The Morgan fingerprint density at radius 2 is 2.07 bits per heavy atom. The van der Waals surface area contributed by atoms with Gasteiger partial charge in [0.15, 0.2) is 0 Å². The van der Waals surface area contributed by atoms with Crippen LogP contribution in [0.5, 0.6) is 5.75 Å². The third-order valence-electron chi connectivity index (χ3n) is 3.69. The van der Waals surface area contributed by atoms with Gasteiger partial charge in [-0.1, -0.05) is 6.08 Å². The number of aromatic nitrogens is 3. The average Bonchev–Trinajstić information content (AvgIpc) is 2.63. The molecule has 1 aliphatic carbocycles. The van der Waals surface area contributed by atoms with Gasteiger partial charge in [-0.05, 0) is 31.6 Å². The quantitative estimate of drug-likeness (QED) is 0.831. The van der Waals surface area contributed by atoms with Gasteiger partial charge < -0.3 is 10.1 Å². The molecule has 1 atom stereocenters. The van der Waals surface area contributed by atoms with Crippen molar-refractivity contribution >= 4 is 11.8 Å². The summed E-state index contributed by atoms with van der Waals surface area (Å²) >= 11 is 0. The minimum atomic E-state index is -4.61. The van der Waals surface area contributed by atoms with Crippen LogP contribution in [0.15, 0.2) is 54.7 Å². The normalized spacial score (nSPS) is 16.3. The lowest BCUT2D eigenvalue weighted by Crippen LogP contribution is -2.37. The number of pyridine rings is 1. The minimum absolute atomic E-state index is 0.243. The summed E-state index contributed by atoms with van der Waals surface area (Å²) in [6.45, 7) is 1.85. The number of nitrogens with zero attached hydrogens (tertiary/aromatic N) is 3. The molecule has 0 radical (unpaired) electrons. The number of allylic oxidation sites excluding steroid dienone is 1. The highest BCUT2D eigenvalue weighted by atomic mass is 19.4. The van der Waals surface area contributed by atoms with Crippen molar-refractivity contribution in [3.63, 3.8) is 0 Å². The van der Waals surface area contributed by atoms with Crippen LogP contribution >= 0.6 is 0 Å². The molecular weight excluding hydrogens is 375 g/mol. The van der Waals surface area contributed by atoms with Crippen LogP contribution in [0.4, 0.5) is 23.8 Å². The van der Waals surface area contributed by atoms with E-state index in [0.717, 1.165) is 12.0 Å². The molecule has 0 fully saturated rings. The molecular formula is C18H16F3N5O2. The monoisotopic (exact) mass is 391 g/mol. The molecule has 7 nitrogen and oxygen atoms in total. The maximum absolute atomic E-state index is 12.6. The Balaban J connectivity index is 1.53. The van der Waals surface area contributed by atoms with Crippen LogP contribution in [0.1, 0.15) is 17.8 Å². The molecule has 1 aliphatic rings. The number of carbonyl (C=O) groups is 1. The maximum atomic E-state index is 12.6. The summed E-state index contributed by atoms with van der Waals surface area (Å²) in [5.41, 5.74) is -0.307. The van der Waals surface area contributed by atoms with Gasteiger partial charge in [0, 0.05) is 24.0 Å². The third-order valence-corrected chi connectivity index (χ3v) is 3.69. The number of hydrogen-bond donors (Lipinski definition) is 2. The first-order valence-electron chi connectivity index (χ1n) is 8.25. The molecule has 2 amide bonds. The highest BCUT2D eigenvalue weighted by molar-refractivity contribution is 5.88. The minimum Gasteiger partial charge on any atom is -0.458 e. The molecule has 2 aromatic rings. The zero-order valence-electron chi connectivity index (χ0n) is 14.7. The van der Waals surface area contributed by atoms with E-state index in [-0.39, 0.29) is 11.9 Å². The fourth-order valence-corrected chi connectivity index (χ4v) is 2.40. The first-order valence-corrected chi connectivity index (χ1v) is 8.25. The number of nitrogens with one attached hydrogen (secondary N) is 2. The summed E-state index contributed by atoms with van der Waals surface area (Å²) in [5, 5.41) is 4.90. The molecule has 2 heterocycles. The molecule has 28 heavy (non-hydrogen) atoms. The molecule has 2 N–H and O–H groups in total. The average molecular weight is 391 g/mol. The molecule has 0 spiro atoms. The topological polar surface area (TPSA) is 89.0 Å². The summed E-state index contributed by atoms with van der Waals surface area (Å²) in [7, 11) is 0. The summed E-state index contributed by atoms with van der Waals surface area (Å²) in [6, 6.07) is 3.18. The second-order valence-electron chi connectivity index (χ2n) is 5.93. The molecule has 0 unspecified atom stereocenters. The highest BCUT2D eigenvalue weighted by Gasteiger charge is 2.33. The summed E-state index contributed by atoms with van der Waals surface area (Å²) in [6.07, 6.45) is 3.46. The van der Waals surface area contributed by atoms with Crippen LogP contribution in [-0.4, -0.2) is 27.0 Å². The van der Waals surface area contributed by atoms with Crippen molar-refractivity contribution in [3.05, 3.63) is 66.1 Å². The predicted octanol–water partition coefficient (Wildman–Crippen LogP) is 3.61. The van der Waals surface area contributed by atoms with E-state index in [1.165, 1.54) is 0 Å². The highest BCUT2D eigenvalue weighted by Crippen LogP contribution is 2.28. The molecule has 146 valence electrons. The van der Waals surface area contributed by atoms with Crippen molar-refractivity contribution in [2.75, 3.05) is 5.32 Å². The Labute approximate surface area is 158 Å². The van der Waals surface area contributed by atoms with E-state index in [2.05, 4.69) is 25.6 Å². The van der Waals surface area contributed by atoms with Gasteiger partial charge in [0.1, 0.15) is 29.3 Å². The van der Waals surface area contributed by atoms with Gasteiger partial charge in [-0.25, -0.2) is 14.8 Å². The Morgan fingerprint density at radius 3 is 2.75 bits per heavy atom. The van der Waals surface area contributed by atoms with Crippen LogP contribution in [-0.2, 0) is 6.18 Å². The molecule has 10 heteroatoms. The van der Waals surface area contributed by atoms with Crippen molar-refractivity contribution in [1.29, 1.82) is 0 Å². The van der Waals surface area contributed by atoms with E-state index in [4.69, 9.17) is 4.74 Å². The van der Waals surface area contributed by atoms with Gasteiger partial charge >= 0.3 is 12.2 Å². The molecule has 3 rings (SSSR count). The van der Waals surface area contributed by atoms with E-state index >= 15 is 0 Å². The van der Waals surface area contributed by atoms with E-state index in [9.17, 15) is 18.0 Å². The number of carbonyl (C=O) groups excluding carboxylic acids is 1. The standard InChI is InChI=1S/C18H16F3N5O2/c1-11-8-14(6-7-22-11)28-13-4-2-12(3-5-13)25-17(27)26-16-9-15(18(19,20)21)23-10-24-16/h2,4-10,12H,3H2,1H3,(H2,23,24,25,26,27)/t12-/m0/s1. The zero-order valence-corrected chi connectivity index (χ0v) is 14.7. The van der Waals surface area contributed by atoms with Gasteiger partial charge in [0.05, 0.1) is 6.04 Å². The van der Waals surface area contributed by atoms with Crippen molar-refractivity contribution in [3.8, 4) is 5.75 Å². The summed E-state index contributed by atoms with van der Waals surface area (Å²) < 4.78 is 43.6. The smallest absolute Gasteiger partial charge is 0.433 e. The predicted molar refractivity (Wildman–Crippen MR) is 94.4 cm³/mol. The number of hydrogen-bond acceptors (Lipinski definition) is 5. The number of halogens is 3.